The molecule has 3 heterocycles. The fourth-order valence-electron chi connectivity index (χ4n) is 4.79. The average molecular weight is 383 g/mol. The summed E-state index contributed by atoms with van der Waals surface area (Å²) in [5.41, 5.74) is 4.85. The number of piperazine rings is 1. The van der Waals surface area contributed by atoms with Crippen LogP contribution in [0.1, 0.15) is 47.5 Å². The molecule has 0 spiro atoms. The molecule has 0 bridgehead atoms. The predicted molar refractivity (Wildman–Crippen MR) is 105 cm³/mol. The van der Waals surface area contributed by atoms with Crippen LogP contribution in [0.15, 0.2) is 15.4 Å². The van der Waals surface area contributed by atoms with Gasteiger partial charge in [-0.2, -0.15) is 5.10 Å². The minimum atomic E-state index is 0.0510. The summed E-state index contributed by atoms with van der Waals surface area (Å²) in [6.45, 7) is 6.60. The van der Waals surface area contributed by atoms with Crippen molar-refractivity contribution in [3.63, 3.8) is 0 Å². The highest BCUT2D eigenvalue weighted by Crippen LogP contribution is 2.25. The topological polar surface area (TPSA) is 67.4 Å². The Labute approximate surface area is 165 Å². The van der Waals surface area contributed by atoms with Crippen LogP contribution in [-0.2, 0) is 38.8 Å². The van der Waals surface area contributed by atoms with E-state index in [4.69, 9.17) is 4.52 Å². The Kier molecular flexibility index (Phi) is 5.03. The molecule has 3 aliphatic rings. The van der Waals surface area contributed by atoms with E-state index >= 15 is 0 Å². The van der Waals surface area contributed by atoms with Gasteiger partial charge >= 0.3 is 0 Å². The highest BCUT2D eigenvalue weighted by Gasteiger charge is 2.23. The van der Waals surface area contributed by atoms with Crippen molar-refractivity contribution in [2.45, 2.75) is 58.0 Å². The minimum absolute atomic E-state index is 0.0510. The van der Waals surface area contributed by atoms with Crippen LogP contribution < -0.4 is 5.56 Å². The normalized spacial score (nSPS) is 20.3. The highest BCUT2D eigenvalue weighted by atomic mass is 16.5. The summed E-state index contributed by atoms with van der Waals surface area (Å²) in [6.07, 6.45) is 7.80. The highest BCUT2D eigenvalue weighted by molar-refractivity contribution is 5.25. The zero-order valence-corrected chi connectivity index (χ0v) is 16.5. The van der Waals surface area contributed by atoms with Gasteiger partial charge in [-0.15, -0.1) is 0 Å². The van der Waals surface area contributed by atoms with E-state index in [0.717, 1.165) is 94.1 Å². The van der Waals surface area contributed by atoms with E-state index in [0.29, 0.717) is 6.54 Å². The molecule has 0 radical (unpaired) electrons. The summed E-state index contributed by atoms with van der Waals surface area (Å²) in [6, 6.07) is 1.80. The molecular weight excluding hydrogens is 354 g/mol. The molecule has 2 aromatic rings. The SMILES string of the molecule is O=c1cc2c(nn1CCN1CCN(Cc3noc4c3CCCC4)CC1)CCC2. The van der Waals surface area contributed by atoms with Gasteiger partial charge in [0.1, 0.15) is 11.5 Å². The van der Waals surface area contributed by atoms with Gasteiger partial charge in [0.15, 0.2) is 0 Å². The largest absolute Gasteiger partial charge is 0.361 e. The lowest BCUT2D eigenvalue weighted by molar-refractivity contribution is 0.120. The molecule has 5 rings (SSSR count). The van der Waals surface area contributed by atoms with Gasteiger partial charge in [-0.05, 0) is 44.1 Å². The standard InChI is InChI=1S/C21H29N5O2/c27-21-14-16-4-3-6-18(16)22-26(21)13-12-24-8-10-25(11-9-24)15-19-17-5-1-2-7-20(17)28-23-19/h14H,1-13,15H2. The monoisotopic (exact) mass is 383 g/mol. The van der Waals surface area contributed by atoms with Gasteiger partial charge in [0.2, 0.25) is 0 Å². The molecule has 0 saturated carbocycles. The molecule has 0 aromatic carbocycles. The van der Waals surface area contributed by atoms with E-state index in [-0.39, 0.29) is 5.56 Å². The first-order valence-corrected chi connectivity index (χ1v) is 10.8. The van der Waals surface area contributed by atoms with Crippen molar-refractivity contribution in [2.75, 3.05) is 32.7 Å². The lowest BCUT2D eigenvalue weighted by Crippen LogP contribution is -2.47. The second-order valence-corrected chi connectivity index (χ2v) is 8.39. The lowest BCUT2D eigenvalue weighted by atomic mass is 9.96. The van der Waals surface area contributed by atoms with Gasteiger partial charge in [0, 0.05) is 57.3 Å². The molecule has 1 aliphatic heterocycles. The van der Waals surface area contributed by atoms with E-state index in [2.05, 4.69) is 20.1 Å². The summed E-state index contributed by atoms with van der Waals surface area (Å²) in [4.78, 5) is 17.2. The van der Waals surface area contributed by atoms with Gasteiger partial charge in [-0.25, -0.2) is 4.68 Å². The molecule has 28 heavy (non-hydrogen) atoms. The van der Waals surface area contributed by atoms with E-state index in [9.17, 15) is 4.79 Å². The molecule has 2 aromatic heterocycles. The van der Waals surface area contributed by atoms with Crippen LogP contribution in [0.25, 0.3) is 0 Å². The maximum atomic E-state index is 12.3. The Bertz CT molecular complexity index is 895. The van der Waals surface area contributed by atoms with Crippen LogP contribution in [0, 0.1) is 0 Å². The number of aryl methyl sites for hydroxylation is 3. The maximum Gasteiger partial charge on any atom is 0.267 e. The van der Waals surface area contributed by atoms with Crippen molar-refractivity contribution < 1.29 is 4.52 Å². The Morgan fingerprint density at radius 2 is 1.75 bits per heavy atom. The van der Waals surface area contributed by atoms with Gasteiger partial charge in [0.05, 0.1) is 12.2 Å². The van der Waals surface area contributed by atoms with Crippen LogP contribution in [0.5, 0.6) is 0 Å². The Balaban J connectivity index is 1.13. The quantitative estimate of drug-likeness (QED) is 0.778. The van der Waals surface area contributed by atoms with E-state index < -0.39 is 0 Å². The number of nitrogens with zero attached hydrogens (tertiary/aromatic N) is 5. The summed E-state index contributed by atoms with van der Waals surface area (Å²) in [5, 5.41) is 8.94. The van der Waals surface area contributed by atoms with E-state index in [1.54, 1.807) is 10.7 Å². The Morgan fingerprint density at radius 1 is 0.929 bits per heavy atom. The Hall–Kier alpha value is -1.99. The van der Waals surface area contributed by atoms with Crippen molar-refractivity contribution in [3.8, 4) is 0 Å². The fourth-order valence-corrected chi connectivity index (χ4v) is 4.79. The van der Waals surface area contributed by atoms with E-state index in [1.165, 1.54) is 18.4 Å². The maximum absolute atomic E-state index is 12.3. The van der Waals surface area contributed by atoms with Gasteiger partial charge < -0.3 is 4.52 Å². The number of hydrogen-bond donors (Lipinski definition) is 0. The number of rotatable bonds is 5. The smallest absolute Gasteiger partial charge is 0.267 e. The van der Waals surface area contributed by atoms with Crippen LogP contribution in [0.3, 0.4) is 0 Å². The third-order valence-electron chi connectivity index (χ3n) is 6.52. The van der Waals surface area contributed by atoms with Gasteiger partial charge in [-0.1, -0.05) is 5.16 Å². The van der Waals surface area contributed by atoms with Crippen molar-refractivity contribution in [1.29, 1.82) is 0 Å². The average Bonchev–Trinajstić information content (AvgIpc) is 3.34. The number of hydrogen-bond acceptors (Lipinski definition) is 6. The predicted octanol–water partition coefficient (Wildman–Crippen LogP) is 1.42. The number of aromatic nitrogens is 3. The first-order chi connectivity index (χ1) is 13.8. The molecule has 7 nitrogen and oxygen atoms in total. The molecule has 0 unspecified atom stereocenters. The molecule has 1 saturated heterocycles. The lowest BCUT2D eigenvalue weighted by Gasteiger charge is -2.34. The molecular formula is C21H29N5O2. The fraction of sp³-hybridized carbons (Fsp3) is 0.667. The third-order valence-corrected chi connectivity index (χ3v) is 6.52. The van der Waals surface area contributed by atoms with Crippen molar-refractivity contribution in [2.24, 2.45) is 0 Å². The first kappa shape index (κ1) is 18.1. The second-order valence-electron chi connectivity index (χ2n) is 8.39. The molecule has 2 aliphatic carbocycles. The van der Waals surface area contributed by atoms with Crippen LogP contribution in [0.2, 0.25) is 0 Å². The van der Waals surface area contributed by atoms with Crippen molar-refractivity contribution in [1.82, 2.24) is 24.7 Å². The molecule has 0 amide bonds. The zero-order valence-electron chi connectivity index (χ0n) is 16.5. The summed E-state index contributed by atoms with van der Waals surface area (Å²) >= 11 is 0. The molecule has 1 fully saturated rings. The summed E-state index contributed by atoms with van der Waals surface area (Å²) in [5.74, 6) is 1.12. The summed E-state index contributed by atoms with van der Waals surface area (Å²) < 4.78 is 7.22. The molecule has 150 valence electrons. The van der Waals surface area contributed by atoms with Gasteiger partial charge in [-0.3, -0.25) is 14.6 Å². The Morgan fingerprint density at radius 3 is 2.64 bits per heavy atom. The van der Waals surface area contributed by atoms with Crippen LogP contribution in [0.4, 0.5) is 0 Å². The summed E-state index contributed by atoms with van der Waals surface area (Å²) in [7, 11) is 0. The van der Waals surface area contributed by atoms with Crippen molar-refractivity contribution in [3.05, 3.63) is 44.7 Å². The minimum Gasteiger partial charge on any atom is -0.361 e. The van der Waals surface area contributed by atoms with E-state index in [1.807, 2.05) is 0 Å². The van der Waals surface area contributed by atoms with Crippen LogP contribution in [-0.4, -0.2) is 57.5 Å². The van der Waals surface area contributed by atoms with Crippen LogP contribution >= 0.6 is 0 Å². The number of fused-ring (bicyclic) bond motifs is 2. The van der Waals surface area contributed by atoms with Gasteiger partial charge in [0.25, 0.3) is 5.56 Å². The second kappa shape index (κ2) is 7.79. The first-order valence-electron chi connectivity index (χ1n) is 10.8. The molecule has 7 heteroatoms. The van der Waals surface area contributed by atoms with Crippen molar-refractivity contribution >= 4 is 0 Å². The zero-order chi connectivity index (χ0) is 18.9. The third kappa shape index (κ3) is 3.65. The molecule has 0 N–H and O–H groups in total. The molecule has 0 atom stereocenters.